The summed E-state index contributed by atoms with van der Waals surface area (Å²) in [7, 11) is 1.76. The van der Waals surface area contributed by atoms with Crippen molar-refractivity contribution >= 4 is 28.1 Å². The third-order valence-corrected chi connectivity index (χ3v) is 5.01. The fourth-order valence-corrected chi connectivity index (χ4v) is 3.24. The molecule has 3 rings (SSSR count). The number of carbonyl (C=O) groups is 1. The Hall–Kier alpha value is -2.47. The van der Waals surface area contributed by atoms with Crippen LogP contribution in [0.3, 0.4) is 0 Å². The van der Waals surface area contributed by atoms with Crippen molar-refractivity contribution < 1.29 is 4.79 Å². The summed E-state index contributed by atoms with van der Waals surface area (Å²) in [4.78, 5) is 31.9. The number of hydrogen-bond acceptors (Lipinski definition) is 4. The van der Waals surface area contributed by atoms with Crippen LogP contribution in [0.15, 0.2) is 52.9 Å². The largest absolute Gasteiger partial charge is 0.337 e. The maximum Gasteiger partial charge on any atom is 0.261 e. The summed E-state index contributed by atoms with van der Waals surface area (Å²) in [5.41, 5.74) is 0.447. The second-order valence-electron chi connectivity index (χ2n) is 5.39. The molecule has 0 aliphatic carbocycles. The van der Waals surface area contributed by atoms with E-state index < -0.39 is 0 Å². The SMILES string of the molecule is CC(c1cccs1)N(C)C(=O)Cn1cnc2ccccc2c1=O. The molecule has 118 valence electrons. The van der Waals surface area contributed by atoms with E-state index in [1.54, 1.807) is 41.5 Å². The lowest BCUT2D eigenvalue weighted by atomic mass is 10.2. The van der Waals surface area contributed by atoms with Crippen molar-refractivity contribution in [2.45, 2.75) is 19.5 Å². The monoisotopic (exact) mass is 327 g/mol. The fourth-order valence-electron chi connectivity index (χ4n) is 2.41. The highest BCUT2D eigenvalue weighted by atomic mass is 32.1. The Kier molecular flexibility index (Phi) is 4.25. The summed E-state index contributed by atoms with van der Waals surface area (Å²) in [6, 6.07) is 11.1. The van der Waals surface area contributed by atoms with Gasteiger partial charge in [-0.05, 0) is 30.5 Å². The fraction of sp³-hybridized carbons (Fsp3) is 0.235. The molecule has 6 heteroatoms. The zero-order valence-electron chi connectivity index (χ0n) is 13.0. The number of aromatic nitrogens is 2. The van der Waals surface area contributed by atoms with E-state index in [4.69, 9.17) is 0 Å². The quantitative estimate of drug-likeness (QED) is 0.740. The van der Waals surface area contributed by atoms with E-state index in [-0.39, 0.29) is 24.1 Å². The van der Waals surface area contributed by atoms with Crippen LogP contribution in [0.4, 0.5) is 0 Å². The van der Waals surface area contributed by atoms with Crippen LogP contribution in [0.25, 0.3) is 10.9 Å². The molecule has 1 atom stereocenters. The van der Waals surface area contributed by atoms with Gasteiger partial charge in [0.25, 0.3) is 5.56 Å². The second-order valence-corrected chi connectivity index (χ2v) is 6.37. The molecule has 0 saturated carbocycles. The lowest BCUT2D eigenvalue weighted by Crippen LogP contribution is -2.35. The molecule has 5 nitrogen and oxygen atoms in total. The van der Waals surface area contributed by atoms with Crippen molar-refractivity contribution in [3.63, 3.8) is 0 Å². The number of fused-ring (bicyclic) bond motifs is 1. The van der Waals surface area contributed by atoms with E-state index in [0.29, 0.717) is 10.9 Å². The van der Waals surface area contributed by atoms with Gasteiger partial charge in [0, 0.05) is 11.9 Å². The molecule has 1 unspecified atom stereocenters. The number of likely N-dealkylation sites (N-methyl/N-ethyl adjacent to an activating group) is 1. The van der Waals surface area contributed by atoms with Crippen LogP contribution in [0, 0.1) is 0 Å². The van der Waals surface area contributed by atoms with Crippen molar-refractivity contribution in [3.8, 4) is 0 Å². The van der Waals surface area contributed by atoms with Gasteiger partial charge >= 0.3 is 0 Å². The lowest BCUT2D eigenvalue weighted by Gasteiger charge is -2.24. The molecule has 3 aromatic rings. The van der Waals surface area contributed by atoms with Gasteiger partial charge in [0.05, 0.1) is 23.3 Å². The van der Waals surface area contributed by atoms with Crippen molar-refractivity contribution in [1.82, 2.24) is 14.5 Å². The van der Waals surface area contributed by atoms with Gasteiger partial charge in [-0.15, -0.1) is 11.3 Å². The molecular formula is C17H17N3O2S. The number of hydrogen-bond donors (Lipinski definition) is 0. The summed E-state index contributed by atoms with van der Waals surface area (Å²) in [6.45, 7) is 1.97. The first-order valence-electron chi connectivity index (χ1n) is 7.31. The Labute approximate surface area is 137 Å². The molecule has 1 aromatic carbocycles. The van der Waals surface area contributed by atoms with Gasteiger partial charge in [-0.25, -0.2) is 4.98 Å². The highest BCUT2D eigenvalue weighted by Gasteiger charge is 2.19. The third kappa shape index (κ3) is 3.03. The maximum absolute atomic E-state index is 12.5. The molecule has 0 bridgehead atoms. The minimum atomic E-state index is -0.193. The minimum absolute atomic E-state index is 0.0110. The number of thiophene rings is 1. The standard InChI is InChI=1S/C17H17N3O2S/c1-12(15-8-5-9-23-15)19(2)16(21)10-20-11-18-14-7-4-3-6-13(14)17(20)22/h3-9,11-12H,10H2,1-2H3. The first-order valence-corrected chi connectivity index (χ1v) is 8.19. The Morgan fingerprint density at radius 2 is 2.09 bits per heavy atom. The maximum atomic E-state index is 12.5. The Morgan fingerprint density at radius 3 is 2.83 bits per heavy atom. The number of para-hydroxylation sites is 1. The van der Waals surface area contributed by atoms with Crippen LogP contribution in [-0.2, 0) is 11.3 Å². The van der Waals surface area contributed by atoms with E-state index in [2.05, 4.69) is 4.98 Å². The minimum Gasteiger partial charge on any atom is -0.337 e. The molecule has 2 heterocycles. The molecule has 0 aliphatic rings. The van der Waals surface area contributed by atoms with Crippen molar-refractivity contribution in [3.05, 3.63) is 63.3 Å². The average Bonchev–Trinajstić information content (AvgIpc) is 3.10. The zero-order chi connectivity index (χ0) is 16.4. The van der Waals surface area contributed by atoms with Gasteiger partial charge in [-0.3, -0.25) is 14.2 Å². The number of amides is 1. The molecule has 0 aliphatic heterocycles. The Balaban J connectivity index is 1.83. The normalized spacial score (nSPS) is 12.3. The van der Waals surface area contributed by atoms with Crippen LogP contribution in [0.2, 0.25) is 0 Å². The highest BCUT2D eigenvalue weighted by molar-refractivity contribution is 7.10. The van der Waals surface area contributed by atoms with E-state index in [1.807, 2.05) is 30.5 Å². The Morgan fingerprint density at radius 1 is 1.30 bits per heavy atom. The number of rotatable bonds is 4. The van der Waals surface area contributed by atoms with Crippen LogP contribution < -0.4 is 5.56 Å². The van der Waals surface area contributed by atoms with E-state index in [0.717, 1.165) is 4.88 Å². The topological polar surface area (TPSA) is 55.2 Å². The van der Waals surface area contributed by atoms with Gasteiger partial charge in [0.15, 0.2) is 0 Å². The van der Waals surface area contributed by atoms with Crippen LogP contribution in [0.5, 0.6) is 0 Å². The van der Waals surface area contributed by atoms with Crippen LogP contribution in [0.1, 0.15) is 17.8 Å². The van der Waals surface area contributed by atoms with E-state index in [9.17, 15) is 9.59 Å². The number of carbonyl (C=O) groups excluding carboxylic acids is 1. The third-order valence-electron chi connectivity index (χ3n) is 3.97. The lowest BCUT2D eigenvalue weighted by molar-refractivity contribution is -0.132. The molecule has 0 fully saturated rings. The first-order chi connectivity index (χ1) is 11.1. The molecule has 0 saturated heterocycles. The van der Waals surface area contributed by atoms with Crippen LogP contribution >= 0.6 is 11.3 Å². The molecule has 0 N–H and O–H groups in total. The van der Waals surface area contributed by atoms with E-state index in [1.165, 1.54) is 10.9 Å². The Bertz CT molecular complexity index is 886. The molecular weight excluding hydrogens is 310 g/mol. The smallest absolute Gasteiger partial charge is 0.261 e. The number of benzene rings is 1. The van der Waals surface area contributed by atoms with Crippen molar-refractivity contribution in [2.75, 3.05) is 7.05 Å². The predicted molar refractivity (Wildman–Crippen MR) is 91.5 cm³/mol. The van der Waals surface area contributed by atoms with Crippen molar-refractivity contribution in [2.24, 2.45) is 0 Å². The summed E-state index contributed by atoms with van der Waals surface area (Å²) in [6.07, 6.45) is 1.44. The van der Waals surface area contributed by atoms with Crippen LogP contribution in [-0.4, -0.2) is 27.4 Å². The van der Waals surface area contributed by atoms with Gasteiger partial charge in [-0.2, -0.15) is 0 Å². The van der Waals surface area contributed by atoms with Gasteiger partial charge in [-0.1, -0.05) is 18.2 Å². The molecule has 2 aromatic heterocycles. The van der Waals surface area contributed by atoms with Gasteiger partial charge < -0.3 is 4.90 Å². The molecule has 0 radical (unpaired) electrons. The summed E-state index contributed by atoms with van der Waals surface area (Å²) in [5, 5.41) is 2.51. The molecule has 1 amide bonds. The van der Waals surface area contributed by atoms with Gasteiger partial charge in [0.1, 0.15) is 6.54 Å². The average molecular weight is 327 g/mol. The summed E-state index contributed by atoms with van der Waals surface area (Å²) >= 11 is 1.61. The molecule has 23 heavy (non-hydrogen) atoms. The van der Waals surface area contributed by atoms with Crippen molar-refractivity contribution in [1.29, 1.82) is 0 Å². The predicted octanol–water partition coefficient (Wildman–Crippen LogP) is 2.68. The first kappa shape index (κ1) is 15.4. The van der Waals surface area contributed by atoms with Gasteiger partial charge in [0.2, 0.25) is 5.91 Å². The zero-order valence-corrected chi connectivity index (χ0v) is 13.8. The number of nitrogens with zero attached hydrogens (tertiary/aromatic N) is 3. The molecule has 0 spiro atoms. The second kappa shape index (κ2) is 6.34. The summed E-state index contributed by atoms with van der Waals surface area (Å²) < 4.78 is 1.36. The highest BCUT2D eigenvalue weighted by Crippen LogP contribution is 2.23. The van der Waals surface area contributed by atoms with E-state index >= 15 is 0 Å². The summed E-state index contributed by atoms with van der Waals surface area (Å²) in [5.74, 6) is -0.120.